The molecule has 1 atom stereocenters. The van der Waals surface area contributed by atoms with E-state index < -0.39 is 17.9 Å². The molecule has 0 aliphatic carbocycles. The molecule has 1 amide bonds. The van der Waals surface area contributed by atoms with E-state index in [1.165, 1.54) is 6.92 Å². The molecule has 6 heteroatoms. The minimum atomic E-state index is -1.15. The maximum absolute atomic E-state index is 11.7. The van der Waals surface area contributed by atoms with Crippen molar-refractivity contribution in [3.8, 4) is 0 Å². The van der Waals surface area contributed by atoms with Crippen molar-refractivity contribution in [1.29, 1.82) is 0 Å². The fourth-order valence-corrected chi connectivity index (χ4v) is 2.08. The van der Waals surface area contributed by atoms with Crippen molar-refractivity contribution in [2.45, 2.75) is 13.0 Å². The van der Waals surface area contributed by atoms with Crippen molar-refractivity contribution >= 4 is 28.8 Å². The Morgan fingerprint density at radius 1 is 1.28 bits per heavy atom. The van der Waals surface area contributed by atoms with E-state index in [0.29, 0.717) is 5.56 Å². The van der Waals surface area contributed by atoms with E-state index in [0.717, 1.165) is 11.8 Å². The van der Waals surface area contributed by atoms with Crippen molar-refractivity contribution in [3.05, 3.63) is 35.9 Å². The molecule has 2 N–H and O–H groups in total. The minimum Gasteiger partial charge on any atom is -0.480 e. The van der Waals surface area contributed by atoms with Crippen LogP contribution in [-0.2, 0) is 9.59 Å². The van der Waals surface area contributed by atoms with Crippen LogP contribution in [0.25, 0.3) is 0 Å². The monoisotopic (exact) mass is 267 g/mol. The zero-order chi connectivity index (χ0) is 13.5. The van der Waals surface area contributed by atoms with Crippen LogP contribution in [0.3, 0.4) is 0 Å². The molecule has 0 radical (unpaired) electrons. The lowest BCUT2D eigenvalue weighted by atomic mass is 10.2. The highest BCUT2D eigenvalue weighted by atomic mass is 32.2. The number of hydrogen-bond acceptors (Lipinski definition) is 4. The van der Waals surface area contributed by atoms with E-state index in [1.54, 1.807) is 30.3 Å². The molecule has 0 aromatic heterocycles. The van der Waals surface area contributed by atoms with E-state index in [9.17, 15) is 14.4 Å². The number of benzene rings is 1. The highest BCUT2D eigenvalue weighted by molar-refractivity contribution is 8.14. The lowest BCUT2D eigenvalue weighted by molar-refractivity contribution is -0.140. The Kier molecular flexibility index (Phi) is 5.38. The molecule has 0 saturated heterocycles. The lowest BCUT2D eigenvalue weighted by Crippen LogP contribution is -2.41. The van der Waals surface area contributed by atoms with Gasteiger partial charge in [-0.2, -0.15) is 0 Å². The maximum Gasteiger partial charge on any atom is 0.327 e. The number of hydrogen-bond donors (Lipinski definition) is 2. The van der Waals surface area contributed by atoms with Gasteiger partial charge in [-0.15, -0.1) is 0 Å². The number of rotatable bonds is 5. The quantitative estimate of drug-likeness (QED) is 0.836. The summed E-state index contributed by atoms with van der Waals surface area (Å²) in [5.74, 6) is -1.59. The topological polar surface area (TPSA) is 83.5 Å². The molecule has 1 aromatic rings. The van der Waals surface area contributed by atoms with E-state index in [2.05, 4.69) is 5.32 Å². The van der Waals surface area contributed by atoms with Crippen LogP contribution in [0.1, 0.15) is 17.3 Å². The summed E-state index contributed by atoms with van der Waals surface area (Å²) in [7, 11) is 0. The standard InChI is InChI=1S/C12H13NO4S/c1-8(14)13-10(11(15)16)7-18-12(17)9-5-3-2-4-6-9/h2-6,10H,7H2,1H3,(H,13,14)(H,15,16)/t10-/m1/s1. The molecule has 0 bridgehead atoms. The van der Waals surface area contributed by atoms with Crippen LogP contribution in [0.2, 0.25) is 0 Å². The zero-order valence-electron chi connectivity index (χ0n) is 9.75. The first-order valence-corrected chi connectivity index (χ1v) is 6.21. The molecule has 0 fully saturated rings. The Labute approximate surface area is 109 Å². The van der Waals surface area contributed by atoms with E-state index >= 15 is 0 Å². The van der Waals surface area contributed by atoms with Gasteiger partial charge >= 0.3 is 5.97 Å². The number of carboxylic acids is 1. The number of amides is 1. The van der Waals surface area contributed by atoms with Crippen LogP contribution in [0.4, 0.5) is 0 Å². The molecule has 0 unspecified atom stereocenters. The first-order chi connectivity index (χ1) is 8.50. The van der Waals surface area contributed by atoms with Gasteiger partial charge in [-0.05, 0) is 0 Å². The lowest BCUT2D eigenvalue weighted by Gasteiger charge is -2.11. The SMILES string of the molecule is CC(=O)N[C@H](CSC(=O)c1ccccc1)C(=O)O. The molecule has 0 aliphatic rings. The molecule has 1 rings (SSSR count). The Morgan fingerprint density at radius 3 is 2.39 bits per heavy atom. The second-order valence-electron chi connectivity index (χ2n) is 3.56. The first-order valence-electron chi connectivity index (χ1n) is 5.23. The molecule has 0 saturated carbocycles. The second kappa shape index (κ2) is 6.80. The third-order valence-electron chi connectivity index (χ3n) is 2.07. The molecule has 5 nitrogen and oxygen atoms in total. The van der Waals surface area contributed by atoms with E-state index in [1.807, 2.05) is 0 Å². The van der Waals surface area contributed by atoms with E-state index in [4.69, 9.17) is 5.11 Å². The van der Waals surface area contributed by atoms with Crippen molar-refractivity contribution in [2.75, 3.05) is 5.75 Å². The van der Waals surface area contributed by atoms with Crippen LogP contribution >= 0.6 is 11.8 Å². The summed E-state index contributed by atoms with van der Waals surface area (Å²) >= 11 is 0.873. The average Bonchev–Trinajstić information content (AvgIpc) is 2.34. The summed E-state index contributed by atoms with van der Waals surface area (Å²) < 4.78 is 0. The molecule has 0 spiro atoms. The van der Waals surface area contributed by atoms with Gasteiger partial charge in [0.2, 0.25) is 11.0 Å². The van der Waals surface area contributed by atoms with Crippen LogP contribution in [0.5, 0.6) is 0 Å². The number of carbonyl (C=O) groups is 3. The summed E-state index contributed by atoms with van der Waals surface area (Å²) in [5, 5.41) is 10.9. The summed E-state index contributed by atoms with van der Waals surface area (Å²) in [6.45, 7) is 1.24. The summed E-state index contributed by atoms with van der Waals surface area (Å²) in [6, 6.07) is 7.51. The maximum atomic E-state index is 11.7. The van der Waals surface area contributed by atoms with Gasteiger partial charge in [-0.25, -0.2) is 4.79 Å². The van der Waals surface area contributed by atoms with Gasteiger partial charge in [0.1, 0.15) is 6.04 Å². The van der Waals surface area contributed by atoms with Gasteiger partial charge in [0.25, 0.3) is 0 Å². The number of aliphatic carboxylic acids is 1. The molecule has 96 valence electrons. The first kappa shape index (κ1) is 14.2. The normalized spacial score (nSPS) is 11.6. The molecule has 1 aromatic carbocycles. The van der Waals surface area contributed by atoms with Crippen molar-refractivity contribution in [3.63, 3.8) is 0 Å². The Bertz CT molecular complexity index is 447. The van der Waals surface area contributed by atoms with Gasteiger partial charge in [-0.1, -0.05) is 42.1 Å². The third-order valence-corrected chi connectivity index (χ3v) is 3.06. The summed E-state index contributed by atoms with van der Waals surface area (Å²) in [6.07, 6.45) is 0. The number of carboxylic acid groups (broad SMARTS) is 1. The van der Waals surface area contributed by atoms with Crippen molar-refractivity contribution < 1.29 is 19.5 Å². The van der Waals surface area contributed by atoms with Crippen molar-refractivity contribution in [1.82, 2.24) is 5.32 Å². The van der Waals surface area contributed by atoms with Crippen LogP contribution in [0.15, 0.2) is 30.3 Å². The Morgan fingerprint density at radius 2 is 1.89 bits per heavy atom. The molecular weight excluding hydrogens is 254 g/mol. The van der Waals surface area contributed by atoms with Crippen LogP contribution < -0.4 is 5.32 Å². The molecule has 0 aliphatic heterocycles. The Hall–Kier alpha value is -1.82. The smallest absolute Gasteiger partial charge is 0.327 e. The highest BCUT2D eigenvalue weighted by Crippen LogP contribution is 2.13. The zero-order valence-corrected chi connectivity index (χ0v) is 10.6. The number of carbonyl (C=O) groups excluding carboxylic acids is 2. The van der Waals surface area contributed by atoms with Crippen LogP contribution in [0, 0.1) is 0 Å². The average molecular weight is 267 g/mol. The fourth-order valence-electron chi connectivity index (χ4n) is 1.24. The van der Waals surface area contributed by atoms with Gasteiger partial charge < -0.3 is 10.4 Å². The van der Waals surface area contributed by atoms with E-state index in [-0.39, 0.29) is 10.9 Å². The van der Waals surface area contributed by atoms with Gasteiger partial charge in [-0.3, -0.25) is 9.59 Å². The predicted octanol–water partition coefficient (Wildman–Crippen LogP) is 1.15. The second-order valence-corrected chi connectivity index (χ2v) is 4.55. The summed E-state index contributed by atoms with van der Waals surface area (Å²) in [5.41, 5.74) is 0.509. The van der Waals surface area contributed by atoms with Gasteiger partial charge in [0, 0.05) is 18.2 Å². The fraction of sp³-hybridized carbons (Fsp3) is 0.250. The summed E-state index contributed by atoms with van der Waals surface area (Å²) in [4.78, 5) is 33.4. The molecular formula is C12H13NO4S. The van der Waals surface area contributed by atoms with Crippen LogP contribution in [-0.4, -0.2) is 33.9 Å². The number of nitrogens with one attached hydrogen (secondary N) is 1. The number of thioether (sulfide) groups is 1. The highest BCUT2D eigenvalue weighted by Gasteiger charge is 2.20. The minimum absolute atomic E-state index is 0.00262. The van der Waals surface area contributed by atoms with Gasteiger partial charge in [0.05, 0.1) is 0 Å². The third kappa shape index (κ3) is 4.58. The predicted molar refractivity (Wildman–Crippen MR) is 68.5 cm³/mol. The van der Waals surface area contributed by atoms with Gasteiger partial charge in [0.15, 0.2) is 0 Å². The largest absolute Gasteiger partial charge is 0.480 e. The Balaban J connectivity index is 2.55. The molecule has 18 heavy (non-hydrogen) atoms. The molecule has 0 heterocycles. The van der Waals surface area contributed by atoms with Crippen molar-refractivity contribution in [2.24, 2.45) is 0 Å².